The summed E-state index contributed by atoms with van der Waals surface area (Å²) in [6.45, 7) is -1.27. The van der Waals surface area contributed by atoms with E-state index in [4.69, 9.17) is 38.9 Å². The quantitative estimate of drug-likeness (QED) is 0.0102. The molecule has 0 aliphatic carbocycles. The van der Waals surface area contributed by atoms with Gasteiger partial charge in [0.25, 0.3) is 0 Å². The minimum Gasteiger partial charge on any atom is -0.481 e. The minimum absolute atomic E-state index is 0.0294. The van der Waals surface area contributed by atoms with Gasteiger partial charge in [-0.05, 0) is 66.0 Å². The number of benzene rings is 4. The number of hydrogen-bond acceptors (Lipinski definition) is 13. The number of nitrogens with two attached hydrogens (primary N) is 4. The van der Waals surface area contributed by atoms with Crippen LogP contribution < -0.4 is 70.8 Å². The number of rotatable bonds is 34. The lowest BCUT2D eigenvalue weighted by atomic mass is 9.90. The summed E-state index contributed by atoms with van der Waals surface area (Å²) in [5.74, 6) is -7.54. The van der Waals surface area contributed by atoms with Crippen molar-refractivity contribution in [1.29, 1.82) is 10.8 Å². The van der Waals surface area contributed by atoms with Gasteiger partial charge in [0.2, 0.25) is 41.4 Å². The van der Waals surface area contributed by atoms with Crippen LogP contribution in [0.1, 0.15) is 55.2 Å². The SMILES string of the molecule is N=C(N)NCCC[C@@H](NC(=O)CNC[C@](C=O)(Cc1ccc2ccccc2c1)NC(=O)[C@@H](Cc1ccccc1)NC(=O)[C@@H](N)Cc1ccccc1)C(=O)NCC(=O)N[C@H](CCCNC(=N)N)C(=O)N[C@@H](CCC(=O)O)C(N)=O. The fraction of sp³-hybridized carbons (Fsp3) is 0.377. The molecule has 0 saturated carbocycles. The molecule has 4 aromatic carbocycles. The summed E-state index contributed by atoms with van der Waals surface area (Å²) in [5, 5.41) is 49.4. The topological polar surface area (TPSA) is 434 Å². The molecular weight excluding hydrogens is 1010 g/mol. The average molecular weight is 1080 g/mol. The number of primary amides is 1. The van der Waals surface area contributed by atoms with Crippen LogP contribution in [-0.4, -0.2) is 139 Å². The Hall–Kier alpha value is -8.97. The van der Waals surface area contributed by atoms with Crippen LogP contribution in [0.3, 0.4) is 0 Å². The van der Waals surface area contributed by atoms with Crippen LogP contribution >= 0.6 is 0 Å². The first kappa shape index (κ1) is 61.6. The van der Waals surface area contributed by atoms with Crippen LogP contribution in [0.2, 0.25) is 0 Å². The van der Waals surface area contributed by atoms with Crippen molar-refractivity contribution in [3.05, 3.63) is 120 Å². The van der Waals surface area contributed by atoms with Gasteiger partial charge in [0.1, 0.15) is 36.0 Å². The van der Waals surface area contributed by atoms with Gasteiger partial charge in [0.15, 0.2) is 11.9 Å². The Bertz CT molecular complexity index is 2720. The van der Waals surface area contributed by atoms with E-state index in [1.807, 2.05) is 72.8 Å². The fourth-order valence-electron chi connectivity index (χ4n) is 8.21. The second kappa shape index (κ2) is 31.8. The van der Waals surface area contributed by atoms with E-state index >= 15 is 0 Å². The second-order valence-electron chi connectivity index (χ2n) is 18.6. The van der Waals surface area contributed by atoms with Gasteiger partial charge in [-0.2, -0.15) is 0 Å². The summed E-state index contributed by atoms with van der Waals surface area (Å²) in [6, 6.07) is 25.0. The van der Waals surface area contributed by atoms with Crippen molar-refractivity contribution in [3.8, 4) is 0 Å². The van der Waals surface area contributed by atoms with Gasteiger partial charge >= 0.3 is 5.97 Å². The molecule has 0 aromatic heterocycles. The average Bonchev–Trinajstić information content (AvgIpc) is 3.40. The third-order valence-electron chi connectivity index (χ3n) is 12.2. The molecule has 0 saturated heterocycles. The summed E-state index contributed by atoms with van der Waals surface area (Å²) >= 11 is 0. The molecule has 25 heteroatoms. The first-order valence-corrected chi connectivity index (χ1v) is 25.2. The molecule has 78 heavy (non-hydrogen) atoms. The van der Waals surface area contributed by atoms with E-state index in [2.05, 4.69) is 47.9 Å². The van der Waals surface area contributed by atoms with Gasteiger partial charge < -0.3 is 80.7 Å². The van der Waals surface area contributed by atoms with E-state index in [0.29, 0.717) is 17.4 Å². The van der Waals surface area contributed by atoms with E-state index < -0.39 is 103 Å². The lowest BCUT2D eigenvalue weighted by Gasteiger charge is -2.32. The molecule has 0 unspecified atom stereocenters. The van der Waals surface area contributed by atoms with Crippen molar-refractivity contribution in [3.63, 3.8) is 0 Å². The van der Waals surface area contributed by atoms with Gasteiger partial charge in [-0.15, -0.1) is 0 Å². The number of guanidine groups is 2. The molecule has 418 valence electrons. The predicted molar refractivity (Wildman–Crippen MR) is 291 cm³/mol. The van der Waals surface area contributed by atoms with Crippen LogP contribution in [0.25, 0.3) is 10.8 Å². The van der Waals surface area contributed by atoms with Gasteiger partial charge in [0.05, 0.1) is 19.1 Å². The van der Waals surface area contributed by atoms with Gasteiger partial charge in [-0.25, -0.2) is 0 Å². The molecule has 4 rings (SSSR count). The number of carbonyl (C=O) groups is 9. The number of carboxylic acids is 1. The van der Waals surface area contributed by atoms with Crippen molar-refractivity contribution in [2.75, 3.05) is 32.7 Å². The zero-order valence-corrected chi connectivity index (χ0v) is 43.1. The summed E-state index contributed by atoms with van der Waals surface area (Å²) < 4.78 is 0. The molecule has 4 aromatic rings. The van der Waals surface area contributed by atoms with Crippen LogP contribution in [0.5, 0.6) is 0 Å². The molecule has 0 spiro atoms. The third-order valence-corrected chi connectivity index (χ3v) is 12.2. The Morgan fingerprint density at radius 2 is 1.10 bits per heavy atom. The van der Waals surface area contributed by atoms with E-state index in [0.717, 1.165) is 16.3 Å². The smallest absolute Gasteiger partial charge is 0.303 e. The second-order valence-corrected chi connectivity index (χ2v) is 18.6. The Morgan fingerprint density at radius 3 is 1.67 bits per heavy atom. The van der Waals surface area contributed by atoms with Gasteiger partial charge in [-0.3, -0.25) is 49.2 Å². The van der Waals surface area contributed by atoms with Crippen molar-refractivity contribution >= 4 is 76.3 Å². The van der Waals surface area contributed by atoms with Crippen LogP contribution in [-0.2, 0) is 62.4 Å². The largest absolute Gasteiger partial charge is 0.481 e. The number of carboxylic acid groups (broad SMARTS) is 1. The zero-order chi connectivity index (χ0) is 57.0. The standard InChI is InChI=1S/C53H71N15O10/c54-38(26-33-11-3-1-4-12-33)47(75)67-42(27-34-13-5-2-6-14-34)50(78)68-53(32-69,28-35-19-20-36-15-7-8-16-37(36)25-35)31-60-29-43(70)64-40(17-9-23-61-51(56)57)48(76)63-30-44(71)65-41(18-10-24-62-52(58)59)49(77)66-39(46(55)74)21-22-45(72)73/h1-8,11-16,19-20,25,32,38-42,60H,9-10,17-18,21-24,26-31,54H2,(H2,55,74)(H,63,76)(H,64,70)(H,65,71)(H,66,77)(H,67,75)(H,68,78)(H,72,73)(H4,56,57,61)(H4,58,59,62)/t38-,39-,40+,41+,42+,53-/m0/s1. The molecular formula is C53H71N15O10. The third kappa shape index (κ3) is 22.1. The number of nitrogens with one attached hydrogen (secondary N) is 11. The zero-order valence-electron chi connectivity index (χ0n) is 43.1. The minimum atomic E-state index is -1.73. The number of aliphatic carboxylic acids is 1. The Morgan fingerprint density at radius 1 is 0.564 bits per heavy atom. The molecule has 0 aliphatic heterocycles. The maximum atomic E-state index is 14.5. The highest BCUT2D eigenvalue weighted by atomic mass is 16.4. The molecule has 20 N–H and O–H groups in total. The molecule has 0 radical (unpaired) electrons. The summed E-state index contributed by atoms with van der Waals surface area (Å²) in [6.07, 6.45) is 0.187. The van der Waals surface area contributed by atoms with Gasteiger partial charge in [0, 0.05) is 38.9 Å². The summed E-state index contributed by atoms with van der Waals surface area (Å²) in [5.41, 5.74) is 22.9. The van der Waals surface area contributed by atoms with Crippen LogP contribution in [0, 0.1) is 10.8 Å². The first-order chi connectivity index (χ1) is 37.3. The summed E-state index contributed by atoms with van der Waals surface area (Å²) in [4.78, 5) is 119. The number of amides is 7. The highest BCUT2D eigenvalue weighted by Gasteiger charge is 2.36. The first-order valence-electron chi connectivity index (χ1n) is 25.2. The molecule has 0 aliphatic rings. The Balaban J connectivity index is 1.51. The lowest BCUT2D eigenvalue weighted by molar-refractivity contribution is -0.138. The van der Waals surface area contributed by atoms with Crippen molar-refractivity contribution < 1.29 is 48.3 Å². The molecule has 0 heterocycles. The number of carbonyl (C=O) groups excluding carboxylic acids is 8. The molecule has 0 fully saturated rings. The van der Waals surface area contributed by atoms with Gasteiger partial charge in [-0.1, -0.05) is 103 Å². The van der Waals surface area contributed by atoms with Crippen LogP contribution in [0.15, 0.2) is 103 Å². The number of fused-ring (bicyclic) bond motifs is 1. The van der Waals surface area contributed by atoms with E-state index in [1.54, 1.807) is 30.3 Å². The molecule has 7 amide bonds. The molecule has 0 bridgehead atoms. The maximum Gasteiger partial charge on any atom is 0.303 e. The van der Waals surface area contributed by atoms with Crippen molar-refractivity contribution in [1.82, 2.24) is 47.9 Å². The number of hydrogen-bond donors (Lipinski definition) is 16. The van der Waals surface area contributed by atoms with Crippen LogP contribution in [0.4, 0.5) is 0 Å². The normalized spacial score (nSPS) is 13.6. The number of aldehydes is 1. The van der Waals surface area contributed by atoms with E-state index in [1.165, 1.54) is 0 Å². The van der Waals surface area contributed by atoms with Crippen molar-refractivity contribution in [2.24, 2.45) is 22.9 Å². The van der Waals surface area contributed by atoms with E-state index in [-0.39, 0.29) is 82.9 Å². The molecule has 25 nitrogen and oxygen atoms in total. The fourth-order valence-corrected chi connectivity index (χ4v) is 8.21. The summed E-state index contributed by atoms with van der Waals surface area (Å²) in [7, 11) is 0. The lowest BCUT2D eigenvalue weighted by Crippen LogP contribution is -2.63. The predicted octanol–water partition coefficient (Wildman–Crippen LogP) is -2.23. The Labute approximate surface area is 450 Å². The molecule has 6 atom stereocenters. The maximum absolute atomic E-state index is 14.5. The highest BCUT2D eigenvalue weighted by Crippen LogP contribution is 2.20. The monoisotopic (exact) mass is 1080 g/mol. The van der Waals surface area contributed by atoms with Crippen molar-refractivity contribution in [2.45, 2.75) is 93.5 Å². The Kier molecular flexibility index (Phi) is 25.1. The van der Waals surface area contributed by atoms with E-state index in [9.17, 15) is 43.2 Å². The highest BCUT2D eigenvalue weighted by molar-refractivity contribution is 5.95.